The first-order valence-electron chi connectivity index (χ1n) is 5.41. The molecule has 1 amide bonds. The van der Waals surface area contributed by atoms with E-state index in [1.165, 1.54) is 0 Å². The van der Waals surface area contributed by atoms with Gasteiger partial charge in [0, 0.05) is 0 Å². The number of benzene rings is 1. The molecule has 18 heavy (non-hydrogen) atoms. The number of hydrogen-bond donors (Lipinski definition) is 2. The molecule has 0 saturated heterocycles. The lowest BCUT2D eigenvalue weighted by atomic mass is 10.1. The molecule has 0 aromatic heterocycles. The van der Waals surface area contributed by atoms with Crippen LogP contribution in [0, 0.1) is 0 Å². The van der Waals surface area contributed by atoms with E-state index < -0.39 is 31.2 Å². The van der Waals surface area contributed by atoms with Crippen LogP contribution in [0.5, 0.6) is 0 Å². The van der Waals surface area contributed by atoms with Crippen molar-refractivity contribution in [3.63, 3.8) is 0 Å². The fourth-order valence-corrected chi connectivity index (χ4v) is 1.52. The van der Waals surface area contributed by atoms with Crippen molar-refractivity contribution in [2.24, 2.45) is 0 Å². The van der Waals surface area contributed by atoms with Gasteiger partial charge >= 0.3 is 6.18 Å². The number of aliphatic hydroxyl groups excluding tert-OH is 1. The summed E-state index contributed by atoms with van der Waals surface area (Å²) in [6.07, 6.45) is -5.77. The van der Waals surface area contributed by atoms with Crippen LogP contribution in [0.15, 0.2) is 30.3 Å². The molecule has 1 aromatic carbocycles. The normalized spacial score (nSPS) is 13.1. The number of hydrogen-bond acceptors (Lipinski definition) is 2. The average molecular weight is 261 g/mol. The molecule has 2 N–H and O–H groups in total. The van der Waals surface area contributed by atoms with Crippen molar-refractivity contribution in [2.75, 3.05) is 6.61 Å². The number of rotatable bonds is 5. The molecule has 0 heterocycles. The topological polar surface area (TPSA) is 49.3 Å². The third kappa shape index (κ3) is 5.67. The highest BCUT2D eigenvalue weighted by Crippen LogP contribution is 2.19. The van der Waals surface area contributed by atoms with E-state index in [-0.39, 0.29) is 0 Å². The minimum atomic E-state index is -4.53. The molecule has 0 radical (unpaired) electrons. The SMILES string of the molecule is O=C(CC(F)(F)F)N[C@H](CO)Cc1ccccc1. The highest BCUT2D eigenvalue weighted by molar-refractivity contribution is 5.76. The maximum atomic E-state index is 12.0. The predicted molar refractivity (Wildman–Crippen MR) is 59.8 cm³/mol. The van der Waals surface area contributed by atoms with Gasteiger partial charge in [-0.05, 0) is 12.0 Å². The Bertz CT molecular complexity index is 379. The van der Waals surface area contributed by atoms with Crippen molar-refractivity contribution in [1.82, 2.24) is 5.32 Å². The number of halogens is 3. The second-order valence-corrected chi connectivity index (χ2v) is 3.93. The summed E-state index contributed by atoms with van der Waals surface area (Å²) in [5.41, 5.74) is 0.837. The van der Waals surface area contributed by atoms with Gasteiger partial charge in [0.2, 0.25) is 5.91 Å². The molecule has 0 aliphatic heterocycles. The molecule has 0 aliphatic rings. The summed E-state index contributed by atoms with van der Waals surface area (Å²) in [7, 11) is 0. The van der Waals surface area contributed by atoms with Crippen LogP contribution in [-0.4, -0.2) is 29.8 Å². The van der Waals surface area contributed by atoms with E-state index in [1.807, 2.05) is 0 Å². The van der Waals surface area contributed by atoms with Crippen molar-refractivity contribution in [3.05, 3.63) is 35.9 Å². The fraction of sp³-hybridized carbons (Fsp3) is 0.417. The second kappa shape index (κ2) is 6.39. The summed E-state index contributed by atoms with van der Waals surface area (Å²) >= 11 is 0. The van der Waals surface area contributed by atoms with Gasteiger partial charge in [-0.2, -0.15) is 13.2 Å². The van der Waals surface area contributed by atoms with Crippen LogP contribution in [0.4, 0.5) is 13.2 Å². The highest BCUT2D eigenvalue weighted by atomic mass is 19.4. The number of alkyl halides is 3. The molecule has 0 spiro atoms. The van der Waals surface area contributed by atoms with Gasteiger partial charge in [0.15, 0.2) is 0 Å². The fourth-order valence-electron chi connectivity index (χ4n) is 1.52. The molecule has 0 unspecified atom stereocenters. The molecule has 100 valence electrons. The van der Waals surface area contributed by atoms with Crippen molar-refractivity contribution in [1.29, 1.82) is 0 Å². The van der Waals surface area contributed by atoms with E-state index in [0.717, 1.165) is 5.56 Å². The summed E-state index contributed by atoms with van der Waals surface area (Å²) in [6.45, 7) is -0.404. The molecule has 0 aliphatic carbocycles. The third-order valence-electron chi connectivity index (χ3n) is 2.27. The standard InChI is InChI=1S/C12H14F3NO2/c13-12(14,15)7-11(18)16-10(8-17)6-9-4-2-1-3-5-9/h1-5,10,17H,6-8H2,(H,16,18)/t10-/m0/s1. The molecule has 1 atom stereocenters. The molecule has 6 heteroatoms. The molecule has 1 rings (SSSR count). The molecule has 0 bridgehead atoms. The maximum Gasteiger partial charge on any atom is 0.397 e. The summed E-state index contributed by atoms with van der Waals surface area (Å²) in [5, 5.41) is 11.2. The molecular weight excluding hydrogens is 247 g/mol. The van der Waals surface area contributed by atoms with Crippen LogP contribution in [0.1, 0.15) is 12.0 Å². The Hall–Kier alpha value is -1.56. The predicted octanol–water partition coefficient (Wildman–Crippen LogP) is 1.66. The zero-order valence-corrected chi connectivity index (χ0v) is 9.57. The Morgan fingerprint density at radius 1 is 1.28 bits per heavy atom. The van der Waals surface area contributed by atoms with Crippen molar-refractivity contribution < 1.29 is 23.1 Å². The van der Waals surface area contributed by atoms with Gasteiger partial charge in [0.25, 0.3) is 0 Å². The number of carbonyl (C=O) groups excluding carboxylic acids is 1. The Morgan fingerprint density at radius 2 is 1.89 bits per heavy atom. The Labute approximate surface area is 103 Å². The van der Waals surface area contributed by atoms with Crippen molar-refractivity contribution in [3.8, 4) is 0 Å². The molecule has 0 saturated carbocycles. The number of aliphatic hydroxyl groups is 1. The molecule has 1 aromatic rings. The Morgan fingerprint density at radius 3 is 2.39 bits per heavy atom. The van der Waals surface area contributed by atoms with Crippen LogP contribution in [0.2, 0.25) is 0 Å². The van der Waals surface area contributed by atoms with Crippen molar-refractivity contribution >= 4 is 5.91 Å². The van der Waals surface area contributed by atoms with Crippen LogP contribution in [0.3, 0.4) is 0 Å². The van der Waals surface area contributed by atoms with E-state index >= 15 is 0 Å². The number of amides is 1. The highest BCUT2D eigenvalue weighted by Gasteiger charge is 2.31. The molecular formula is C12H14F3NO2. The van der Waals surface area contributed by atoms with Gasteiger partial charge in [0.05, 0.1) is 12.6 Å². The third-order valence-corrected chi connectivity index (χ3v) is 2.27. The number of carbonyl (C=O) groups is 1. The van der Waals surface area contributed by atoms with Gasteiger partial charge in [-0.3, -0.25) is 4.79 Å². The van der Waals surface area contributed by atoms with Gasteiger partial charge in [-0.15, -0.1) is 0 Å². The summed E-state index contributed by atoms with van der Waals surface area (Å²) in [4.78, 5) is 11.1. The van der Waals surface area contributed by atoms with E-state index in [9.17, 15) is 18.0 Å². The first-order valence-corrected chi connectivity index (χ1v) is 5.41. The Balaban J connectivity index is 2.50. The van der Waals surface area contributed by atoms with Crippen LogP contribution in [-0.2, 0) is 11.2 Å². The quantitative estimate of drug-likeness (QED) is 0.847. The minimum Gasteiger partial charge on any atom is -0.394 e. The summed E-state index contributed by atoms with van der Waals surface area (Å²) in [6, 6.07) is 8.21. The average Bonchev–Trinajstić information content (AvgIpc) is 2.27. The summed E-state index contributed by atoms with van der Waals surface area (Å²) < 4.78 is 35.9. The van der Waals surface area contributed by atoms with Crippen LogP contribution < -0.4 is 5.32 Å². The largest absolute Gasteiger partial charge is 0.397 e. The lowest BCUT2D eigenvalue weighted by Gasteiger charge is -2.17. The second-order valence-electron chi connectivity index (χ2n) is 3.93. The first-order chi connectivity index (χ1) is 8.40. The Kier molecular flexibility index (Phi) is 5.15. The monoisotopic (exact) mass is 261 g/mol. The maximum absolute atomic E-state index is 12.0. The molecule has 3 nitrogen and oxygen atoms in total. The zero-order valence-electron chi connectivity index (χ0n) is 9.57. The minimum absolute atomic E-state index is 0.293. The van der Waals surface area contributed by atoms with E-state index in [2.05, 4.69) is 5.32 Å². The van der Waals surface area contributed by atoms with Crippen molar-refractivity contribution in [2.45, 2.75) is 25.1 Å². The van der Waals surface area contributed by atoms with Crippen LogP contribution >= 0.6 is 0 Å². The van der Waals surface area contributed by atoms with E-state index in [4.69, 9.17) is 5.11 Å². The van der Waals surface area contributed by atoms with Gasteiger partial charge < -0.3 is 10.4 Å². The first kappa shape index (κ1) is 14.5. The van der Waals surface area contributed by atoms with Gasteiger partial charge in [-0.25, -0.2) is 0 Å². The van der Waals surface area contributed by atoms with Gasteiger partial charge in [0.1, 0.15) is 6.42 Å². The lowest BCUT2D eigenvalue weighted by Crippen LogP contribution is -2.40. The lowest BCUT2D eigenvalue weighted by molar-refractivity contribution is -0.154. The van der Waals surface area contributed by atoms with Crippen LogP contribution in [0.25, 0.3) is 0 Å². The van der Waals surface area contributed by atoms with E-state index in [0.29, 0.717) is 6.42 Å². The molecule has 0 fully saturated rings. The summed E-state index contributed by atoms with van der Waals surface area (Å²) in [5.74, 6) is -1.13. The zero-order chi connectivity index (χ0) is 13.6. The van der Waals surface area contributed by atoms with Gasteiger partial charge in [-0.1, -0.05) is 30.3 Å². The van der Waals surface area contributed by atoms with E-state index in [1.54, 1.807) is 30.3 Å². The number of nitrogens with one attached hydrogen (secondary N) is 1. The smallest absolute Gasteiger partial charge is 0.394 e.